The quantitative estimate of drug-likeness (QED) is 0.822. The summed E-state index contributed by atoms with van der Waals surface area (Å²) in [5.74, 6) is 0. The Bertz CT molecular complexity index is 703. The second kappa shape index (κ2) is 6.34. The van der Waals surface area contributed by atoms with Crippen molar-refractivity contribution in [2.45, 2.75) is 17.9 Å². The summed E-state index contributed by atoms with van der Waals surface area (Å²) in [4.78, 5) is 4.00. The first-order valence-electron chi connectivity index (χ1n) is 5.77. The van der Waals surface area contributed by atoms with Crippen molar-refractivity contribution < 1.29 is 8.42 Å². The van der Waals surface area contributed by atoms with Gasteiger partial charge in [0.1, 0.15) is 4.90 Å². The van der Waals surface area contributed by atoms with E-state index in [1.54, 1.807) is 6.92 Å². The number of nitrogens with one attached hydrogen (secondary N) is 1. The SMILES string of the molecule is C[C@H](NS(=O)(=O)c1cncc(Br)c1)c1ccc(Br)cc1. The highest BCUT2D eigenvalue weighted by atomic mass is 79.9. The van der Waals surface area contributed by atoms with E-state index >= 15 is 0 Å². The maximum absolute atomic E-state index is 12.3. The number of rotatable bonds is 4. The summed E-state index contributed by atoms with van der Waals surface area (Å²) in [5, 5.41) is 0. The number of aromatic nitrogens is 1. The molecule has 0 bridgehead atoms. The summed E-state index contributed by atoms with van der Waals surface area (Å²) in [6.07, 6.45) is 2.86. The third kappa shape index (κ3) is 3.88. The molecule has 4 nitrogen and oxygen atoms in total. The Hall–Kier alpha value is -0.760. The van der Waals surface area contributed by atoms with E-state index in [-0.39, 0.29) is 10.9 Å². The number of pyridine rings is 1. The first-order chi connectivity index (χ1) is 9.38. The van der Waals surface area contributed by atoms with Crippen LogP contribution in [0.4, 0.5) is 0 Å². The van der Waals surface area contributed by atoms with Crippen LogP contribution in [0.15, 0.2) is 56.6 Å². The van der Waals surface area contributed by atoms with Gasteiger partial charge in [0.25, 0.3) is 0 Å². The lowest BCUT2D eigenvalue weighted by Crippen LogP contribution is -2.27. The van der Waals surface area contributed by atoms with Gasteiger partial charge in [-0.25, -0.2) is 13.1 Å². The molecular weight excluding hydrogens is 408 g/mol. The maximum Gasteiger partial charge on any atom is 0.242 e. The van der Waals surface area contributed by atoms with Crippen LogP contribution < -0.4 is 4.72 Å². The second-order valence-corrected chi connectivity index (χ2v) is 7.78. The van der Waals surface area contributed by atoms with E-state index in [4.69, 9.17) is 0 Å². The first kappa shape index (κ1) is 15.6. The Labute approximate surface area is 134 Å². The molecule has 1 N–H and O–H groups in total. The van der Waals surface area contributed by atoms with E-state index in [1.165, 1.54) is 18.5 Å². The van der Waals surface area contributed by atoms with Crippen LogP contribution in [0.1, 0.15) is 18.5 Å². The average Bonchev–Trinajstić information content (AvgIpc) is 2.39. The largest absolute Gasteiger partial charge is 0.262 e. The fourth-order valence-corrected chi connectivity index (χ4v) is 3.66. The molecule has 1 aromatic heterocycles. The minimum absolute atomic E-state index is 0.135. The van der Waals surface area contributed by atoms with Crippen molar-refractivity contribution in [3.05, 3.63) is 57.2 Å². The number of hydrogen-bond acceptors (Lipinski definition) is 3. The number of benzene rings is 1. The molecule has 1 heterocycles. The molecule has 7 heteroatoms. The van der Waals surface area contributed by atoms with Crippen molar-refractivity contribution in [3.63, 3.8) is 0 Å². The van der Waals surface area contributed by atoms with Crippen LogP contribution in [0.5, 0.6) is 0 Å². The fourth-order valence-electron chi connectivity index (χ4n) is 1.66. The summed E-state index contributed by atoms with van der Waals surface area (Å²) < 4.78 is 28.7. The Balaban J connectivity index is 2.22. The van der Waals surface area contributed by atoms with Crippen LogP contribution in [0.25, 0.3) is 0 Å². The molecule has 0 unspecified atom stereocenters. The molecule has 0 aliphatic heterocycles. The summed E-state index contributed by atoms with van der Waals surface area (Å²) in [5.41, 5.74) is 0.889. The molecule has 2 aromatic rings. The van der Waals surface area contributed by atoms with Crippen LogP contribution in [0.3, 0.4) is 0 Å². The molecule has 0 radical (unpaired) electrons. The fraction of sp³-hybridized carbons (Fsp3) is 0.154. The highest BCUT2D eigenvalue weighted by molar-refractivity contribution is 9.10. The minimum atomic E-state index is -3.59. The van der Waals surface area contributed by atoms with Crippen LogP contribution in [0, 0.1) is 0 Å². The predicted molar refractivity (Wildman–Crippen MR) is 84.8 cm³/mol. The van der Waals surface area contributed by atoms with Crippen molar-refractivity contribution >= 4 is 41.9 Å². The lowest BCUT2D eigenvalue weighted by Gasteiger charge is -2.14. The highest BCUT2D eigenvalue weighted by Crippen LogP contribution is 2.20. The Morgan fingerprint density at radius 3 is 2.35 bits per heavy atom. The lowest BCUT2D eigenvalue weighted by molar-refractivity contribution is 0.566. The van der Waals surface area contributed by atoms with Gasteiger partial charge in [-0.05, 0) is 46.6 Å². The summed E-state index contributed by atoms with van der Waals surface area (Å²) >= 11 is 6.56. The molecule has 0 spiro atoms. The molecule has 20 heavy (non-hydrogen) atoms. The zero-order chi connectivity index (χ0) is 14.8. The second-order valence-electron chi connectivity index (χ2n) is 4.23. The molecule has 0 amide bonds. The van der Waals surface area contributed by atoms with Gasteiger partial charge in [0.2, 0.25) is 10.0 Å². The number of halogens is 2. The van der Waals surface area contributed by atoms with Gasteiger partial charge in [0, 0.05) is 27.4 Å². The highest BCUT2D eigenvalue weighted by Gasteiger charge is 2.18. The summed E-state index contributed by atoms with van der Waals surface area (Å²) in [7, 11) is -3.59. The third-order valence-corrected chi connectivity index (χ3v) is 5.16. The van der Waals surface area contributed by atoms with Gasteiger partial charge in [-0.3, -0.25) is 4.98 Å². The smallest absolute Gasteiger partial charge is 0.242 e. The van der Waals surface area contributed by atoms with Gasteiger partial charge in [-0.1, -0.05) is 28.1 Å². The summed E-state index contributed by atoms with van der Waals surface area (Å²) in [6, 6.07) is 8.69. The van der Waals surface area contributed by atoms with Gasteiger partial charge in [0.15, 0.2) is 0 Å². The monoisotopic (exact) mass is 418 g/mol. The van der Waals surface area contributed by atoms with E-state index in [1.807, 2.05) is 24.3 Å². The van der Waals surface area contributed by atoms with E-state index in [0.29, 0.717) is 4.47 Å². The molecule has 1 atom stereocenters. The number of nitrogens with zero attached hydrogens (tertiary/aromatic N) is 1. The van der Waals surface area contributed by atoms with E-state index in [9.17, 15) is 8.42 Å². The molecule has 0 saturated carbocycles. The normalized spacial score (nSPS) is 13.2. The molecular formula is C13H12Br2N2O2S. The van der Waals surface area contributed by atoms with Gasteiger partial charge in [0.05, 0.1) is 0 Å². The van der Waals surface area contributed by atoms with Crippen LogP contribution in [0.2, 0.25) is 0 Å². The van der Waals surface area contributed by atoms with E-state index < -0.39 is 10.0 Å². The molecule has 106 valence electrons. The van der Waals surface area contributed by atoms with Crippen molar-refractivity contribution in [3.8, 4) is 0 Å². The van der Waals surface area contributed by atoms with Crippen LogP contribution >= 0.6 is 31.9 Å². The lowest BCUT2D eigenvalue weighted by atomic mass is 10.1. The Morgan fingerprint density at radius 1 is 1.10 bits per heavy atom. The minimum Gasteiger partial charge on any atom is -0.262 e. The molecule has 0 aliphatic carbocycles. The number of sulfonamides is 1. The Morgan fingerprint density at radius 2 is 1.75 bits per heavy atom. The molecule has 0 aliphatic rings. The van der Waals surface area contributed by atoms with Crippen molar-refractivity contribution in [1.82, 2.24) is 9.71 Å². The van der Waals surface area contributed by atoms with Gasteiger partial charge in [-0.2, -0.15) is 0 Å². The van der Waals surface area contributed by atoms with Crippen molar-refractivity contribution in [2.24, 2.45) is 0 Å². The number of hydrogen-bond donors (Lipinski definition) is 1. The van der Waals surface area contributed by atoms with Crippen LogP contribution in [-0.4, -0.2) is 13.4 Å². The standard InChI is InChI=1S/C13H12Br2N2O2S/c1-9(10-2-4-11(14)5-3-10)17-20(18,19)13-6-12(15)7-16-8-13/h2-9,17H,1H3/t9-/m0/s1. The average molecular weight is 420 g/mol. The maximum atomic E-state index is 12.3. The van der Waals surface area contributed by atoms with Gasteiger partial charge in [-0.15, -0.1) is 0 Å². The van der Waals surface area contributed by atoms with Crippen molar-refractivity contribution in [1.29, 1.82) is 0 Å². The molecule has 0 saturated heterocycles. The van der Waals surface area contributed by atoms with Gasteiger partial charge >= 0.3 is 0 Å². The van der Waals surface area contributed by atoms with E-state index in [2.05, 4.69) is 41.6 Å². The van der Waals surface area contributed by atoms with E-state index in [0.717, 1.165) is 10.0 Å². The first-order valence-corrected chi connectivity index (χ1v) is 8.84. The molecule has 2 rings (SSSR count). The molecule has 1 aromatic carbocycles. The predicted octanol–water partition coefficient (Wildman–Crippen LogP) is 3.65. The van der Waals surface area contributed by atoms with Crippen LogP contribution in [-0.2, 0) is 10.0 Å². The van der Waals surface area contributed by atoms with Crippen molar-refractivity contribution in [2.75, 3.05) is 0 Å². The Kier molecular flexibility index (Phi) is 4.95. The third-order valence-electron chi connectivity index (χ3n) is 2.69. The molecule has 0 fully saturated rings. The zero-order valence-electron chi connectivity index (χ0n) is 10.5. The topological polar surface area (TPSA) is 59.1 Å². The van der Waals surface area contributed by atoms with Gasteiger partial charge < -0.3 is 0 Å². The zero-order valence-corrected chi connectivity index (χ0v) is 14.5. The summed E-state index contributed by atoms with van der Waals surface area (Å²) in [6.45, 7) is 1.80.